The third kappa shape index (κ3) is 1.19. The fourth-order valence-electron chi connectivity index (χ4n) is 0.705. The molecule has 1 heterocycles. The van der Waals surface area contributed by atoms with Crippen LogP contribution in [0, 0.1) is 0 Å². The van der Waals surface area contributed by atoms with Crippen molar-refractivity contribution in [3.8, 4) is 0 Å². The fraction of sp³-hybridized carbons (Fsp3) is 0.800. The molecule has 0 radical (unpaired) electrons. The molecule has 1 aliphatic heterocycles. The molecular weight excluding hydrogens is 138 g/mol. The molecule has 0 bridgehead atoms. The number of amides is 1. The maximum absolute atomic E-state index is 10.7. The Labute approximate surface area is 58.0 Å². The van der Waals surface area contributed by atoms with Crippen molar-refractivity contribution in [2.45, 2.75) is 6.04 Å². The van der Waals surface area contributed by atoms with E-state index in [1.807, 2.05) is 0 Å². The minimum Gasteiger partial charge on any atom is -0.394 e. The van der Waals surface area contributed by atoms with Crippen molar-refractivity contribution in [1.82, 2.24) is 4.90 Å². The van der Waals surface area contributed by atoms with Crippen molar-refractivity contribution in [3.63, 3.8) is 0 Å². The van der Waals surface area contributed by atoms with Gasteiger partial charge in [-0.05, 0) is 0 Å². The van der Waals surface area contributed by atoms with Crippen LogP contribution in [0.1, 0.15) is 0 Å². The van der Waals surface area contributed by atoms with Gasteiger partial charge in [0.15, 0.2) is 0 Å². The van der Waals surface area contributed by atoms with Gasteiger partial charge in [0.1, 0.15) is 0 Å². The van der Waals surface area contributed by atoms with Crippen LogP contribution in [0.5, 0.6) is 0 Å². The van der Waals surface area contributed by atoms with Gasteiger partial charge in [0.05, 0.1) is 12.6 Å². The Hall–Kier alpha value is -0.220. The minimum atomic E-state index is 0.0440. The predicted octanol–water partition coefficient (Wildman–Crippen LogP) is 0.146. The summed E-state index contributed by atoms with van der Waals surface area (Å²) in [7, 11) is 1.71. The van der Waals surface area contributed by atoms with Gasteiger partial charge in [-0.1, -0.05) is 11.8 Å². The molecule has 1 fully saturated rings. The predicted molar refractivity (Wildman–Crippen MR) is 36.5 cm³/mol. The van der Waals surface area contributed by atoms with E-state index in [4.69, 9.17) is 5.11 Å². The average molecular weight is 147 g/mol. The summed E-state index contributed by atoms with van der Waals surface area (Å²) in [5.74, 6) is 0.728. The topological polar surface area (TPSA) is 40.5 Å². The summed E-state index contributed by atoms with van der Waals surface area (Å²) in [4.78, 5) is 12.3. The number of hydrogen-bond acceptors (Lipinski definition) is 3. The van der Waals surface area contributed by atoms with Gasteiger partial charge in [0.25, 0.3) is 5.24 Å². The van der Waals surface area contributed by atoms with Gasteiger partial charge in [-0.15, -0.1) is 0 Å². The molecule has 0 aromatic rings. The highest BCUT2D eigenvalue weighted by Crippen LogP contribution is 2.20. The van der Waals surface area contributed by atoms with Crippen LogP contribution in [0.25, 0.3) is 0 Å². The SMILES string of the molecule is CN1C(=O)SCC1CO. The van der Waals surface area contributed by atoms with E-state index in [2.05, 4.69) is 0 Å². The second-order valence-corrected chi connectivity index (χ2v) is 3.00. The van der Waals surface area contributed by atoms with Crippen LogP contribution < -0.4 is 0 Å². The van der Waals surface area contributed by atoms with Crippen LogP contribution in [0.15, 0.2) is 0 Å². The Bertz CT molecular complexity index is 128. The highest BCUT2D eigenvalue weighted by atomic mass is 32.2. The number of aliphatic hydroxyl groups excluding tert-OH is 1. The second-order valence-electron chi connectivity index (χ2n) is 2.02. The first-order chi connectivity index (χ1) is 4.25. The smallest absolute Gasteiger partial charge is 0.281 e. The van der Waals surface area contributed by atoms with E-state index in [1.165, 1.54) is 11.8 Å². The lowest BCUT2D eigenvalue weighted by Crippen LogP contribution is -2.31. The van der Waals surface area contributed by atoms with Crippen LogP contribution in [-0.4, -0.2) is 40.7 Å². The number of aliphatic hydroxyl groups is 1. The number of hydrogen-bond donors (Lipinski definition) is 1. The van der Waals surface area contributed by atoms with Crippen molar-refractivity contribution in [2.24, 2.45) is 0 Å². The summed E-state index contributed by atoms with van der Waals surface area (Å²) < 4.78 is 0. The number of rotatable bonds is 1. The average Bonchev–Trinajstić information content (AvgIpc) is 2.15. The van der Waals surface area contributed by atoms with Crippen LogP contribution in [-0.2, 0) is 0 Å². The number of nitrogens with zero attached hydrogens (tertiary/aromatic N) is 1. The molecule has 1 amide bonds. The van der Waals surface area contributed by atoms with Crippen LogP contribution in [0.4, 0.5) is 4.79 Å². The molecule has 0 aromatic carbocycles. The Morgan fingerprint density at radius 3 is 2.89 bits per heavy atom. The van der Waals surface area contributed by atoms with Crippen molar-refractivity contribution in [3.05, 3.63) is 0 Å². The van der Waals surface area contributed by atoms with Crippen LogP contribution in [0.3, 0.4) is 0 Å². The molecule has 1 rings (SSSR count). The van der Waals surface area contributed by atoms with Gasteiger partial charge in [-0.25, -0.2) is 0 Å². The first-order valence-electron chi connectivity index (χ1n) is 2.76. The first-order valence-corrected chi connectivity index (χ1v) is 3.74. The Morgan fingerprint density at radius 1 is 2.00 bits per heavy atom. The van der Waals surface area contributed by atoms with Crippen molar-refractivity contribution in [1.29, 1.82) is 0 Å². The summed E-state index contributed by atoms with van der Waals surface area (Å²) in [5, 5.41) is 8.71. The van der Waals surface area contributed by atoms with E-state index in [-0.39, 0.29) is 17.9 Å². The van der Waals surface area contributed by atoms with E-state index in [0.29, 0.717) is 0 Å². The van der Waals surface area contributed by atoms with Crippen molar-refractivity contribution in [2.75, 3.05) is 19.4 Å². The highest BCUT2D eigenvalue weighted by molar-refractivity contribution is 8.13. The normalized spacial score (nSPS) is 27.6. The fourth-order valence-corrected chi connectivity index (χ4v) is 1.72. The van der Waals surface area contributed by atoms with Crippen molar-refractivity contribution < 1.29 is 9.90 Å². The monoisotopic (exact) mass is 147 g/mol. The standard InChI is InChI=1S/C5H9NO2S/c1-6-4(2-7)3-9-5(6)8/h4,7H,2-3H2,1H3. The quantitative estimate of drug-likeness (QED) is 0.573. The van der Waals surface area contributed by atoms with E-state index in [0.717, 1.165) is 5.75 Å². The van der Waals surface area contributed by atoms with Crippen LogP contribution in [0.2, 0.25) is 0 Å². The van der Waals surface area contributed by atoms with Gasteiger partial charge < -0.3 is 10.0 Å². The molecule has 1 N–H and O–H groups in total. The Morgan fingerprint density at radius 2 is 2.67 bits per heavy atom. The molecule has 3 nitrogen and oxygen atoms in total. The Kier molecular flexibility index (Phi) is 1.97. The lowest BCUT2D eigenvalue weighted by molar-refractivity contribution is 0.182. The van der Waals surface area contributed by atoms with Crippen molar-refractivity contribution >= 4 is 17.0 Å². The van der Waals surface area contributed by atoms with E-state index < -0.39 is 0 Å². The van der Waals surface area contributed by atoms with E-state index >= 15 is 0 Å². The summed E-state index contributed by atoms with van der Waals surface area (Å²) >= 11 is 1.27. The van der Waals surface area contributed by atoms with Gasteiger partial charge >= 0.3 is 0 Å². The summed E-state index contributed by atoms with van der Waals surface area (Å²) in [5.41, 5.74) is 0. The van der Waals surface area contributed by atoms with Gasteiger partial charge in [-0.2, -0.15) is 0 Å². The molecule has 52 valence electrons. The molecule has 0 aromatic heterocycles. The lowest BCUT2D eigenvalue weighted by atomic mass is 10.3. The maximum Gasteiger partial charge on any atom is 0.281 e. The van der Waals surface area contributed by atoms with E-state index in [9.17, 15) is 4.79 Å². The molecule has 0 spiro atoms. The summed E-state index contributed by atoms with van der Waals surface area (Å²) in [6.07, 6.45) is 0. The molecule has 1 saturated heterocycles. The second kappa shape index (κ2) is 2.58. The zero-order valence-corrected chi connectivity index (χ0v) is 6.02. The molecule has 1 atom stereocenters. The molecule has 1 unspecified atom stereocenters. The molecule has 4 heteroatoms. The summed E-state index contributed by atoms with van der Waals surface area (Å²) in [6.45, 7) is 0.0786. The number of thioether (sulfide) groups is 1. The lowest BCUT2D eigenvalue weighted by Gasteiger charge is -2.14. The molecule has 9 heavy (non-hydrogen) atoms. The third-order valence-electron chi connectivity index (χ3n) is 1.45. The summed E-state index contributed by atoms with van der Waals surface area (Å²) in [6, 6.07) is 0.0440. The largest absolute Gasteiger partial charge is 0.394 e. The van der Waals surface area contributed by atoms with Gasteiger partial charge in [-0.3, -0.25) is 4.79 Å². The molecule has 0 saturated carbocycles. The van der Waals surface area contributed by atoms with E-state index in [1.54, 1.807) is 11.9 Å². The number of carbonyl (C=O) groups is 1. The third-order valence-corrected chi connectivity index (χ3v) is 2.53. The Balaban J connectivity index is 2.51. The molecular formula is C5H9NO2S. The van der Waals surface area contributed by atoms with Gasteiger partial charge in [0.2, 0.25) is 0 Å². The van der Waals surface area contributed by atoms with Crippen LogP contribution >= 0.6 is 11.8 Å². The number of carbonyl (C=O) groups excluding carboxylic acids is 1. The first kappa shape index (κ1) is 6.89. The maximum atomic E-state index is 10.7. The van der Waals surface area contributed by atoms with Gasteiger partial charge in [0, 0.05) is 12.8 Å². The zero-order chi connectivity index (χ0) is 6.85. The minimum absolute atomic E-state index is 0.0440. The zero-order valence-electron chi connectivity index (χ0n) is 5.20. The number of likely N-dealkylation sites (N-methyl/N-ethyl adjacent to an activating group) is 1. The molecule has 1 aliphatic rings. The highest BCUT2D eigenvalue weighted by Gasteiger charge is 2.27. The molecule has 0 aliphatic carbocycles.